The molecule has 0 spiro atoms. The van der Waals surface area contributed by atoms with Gasteiger partial charge in [0.15, 0.2) is 5.96 Å². The first-order valence-corrected chi connectivity index (χ1v) is 8.15. The lowest BCUT2D eigenvalue weighted by Gasteiger charge is -2.26. The third-order valence-electron chi connectivity index (χ3n) is 3.69. The van der Waals surface area contributed by atoms with E-state index in [-0.39, 0.29) is 0 Å². The topological polar surface area (TPSA) is 48.9 Å². The summed E-state index contributed by atoms with van der Waals surface area (Å²) in [5.41, 5.74) is 1.15. The van der Waals surface area contributed by atoms with E-state index in [1.807, 2.05) is 18.2 Å². The highest BCUT2D eigenvalue weighted by molar-refractivity contribution is 6.31. The van der Waals surface area contributed by atoms with E-state index in [0.717, 1.165) is 68.9 Å². The van der Waals surface area contributed by atoms with Gasteiger partial charge in [-0.05, 0) is 18.1 Å². The van der Waals surface area contributed by atoms with Crippen LogP contribution in [0.1, 0.15) is 5.56 Å². The van der Waals surface area contributed by atoms with Crippen LogP contribution in [0.15, 0.2) is 29.3 Å². The van der Waals surface area contributed by atoms with Gasteiger partial charge in [0.25, 0.3) is 0 Å². The molecule has 2 N–H and O–H groups in total. The summed E-state index contributed by atoms with van der Waals surface area (Å²) in [5, 5.41) is 7.48. The SMILES string of the molecule is CN=C(NCCc1ccccc1Cl)NCCN1CCOCC1. The molecule has 22 heavy (non-hydrogen) atoms. The largest absolute Gasteiger partial charge is 0.379 e. The van der Waals surface area contributed by atoms with E-state index in [4.69, 9.17) is 16.3 Å². The van der Waals surface area contributed by atoms with Crippen LogP contribution in [0.25, 0.3) is 0 Å². The molecule has 1 aromatic rings. The number of hydrogen-bond donors (Lipinski definition) is 2. The number of morpholine rings is 1. The van der Waals surface area contributed by atoms with Crippen molar-refractivity contribution in [2.75, 3.05) is 53.0 Å². The van der Waals surface area contributed by atoms with E-state index in [0.29, 0.717) is 0 Å². The van der Waals surface area contributed by atoms with Crippen molar-refractivity contribution in [3.63, 3.8) is 0 Å². The fraction of sp³-hybridized carbons (Fsp3) is 0.562. The van der Waals surface area contributed by atoms with Gasteiger partial charge in [-0.25, -0.2) is 0 Å². The number of benzene rings is 1. The predicted octanol–water partition coefficient (Wildman–Crippen LogP) is 1.38. The molecule has 1 heterocycles. The van der Waals surface area contributed by atoms with E-state index in [1.54, 1.807) is 7.05 Å². The molecule has 0 radical (unpaired) electrons. The van der Waals surface area contributed by atoms with Gasteiger partial charge < -0.3 is 15.4 Å². The molecular formula is C16H25ClN4O. The smallest absolute Gasteiger partial charge is 0.191 e. The third-order valence-corrected chi connectivity index (χ3v) is 4.06. The number of aliphatic imine (C=N–C) groups is 1. The minimum atomic E-state index is 0.807. The lowest BCUT2D eigenvalue weighted by molar-refractivity contribution is 0.0389. The van der Waals surface area contributed by atoms with Crippen molar-refractivity contribution >= 4 is 17.6 Å². The van der Waals surface area contributed by atoms with E-state index in [1.165, 1.54) is 0 Å². The molecule has 122 valence electrons. The van der Waals surface area contributed by atoms with Gasteiger partial charge in [0.05, 0.1) is 13.2 Å². The van der Waals surface area contributed by atoms with Crippen LogP contribution in [0.5, 0.6) is 0 Å². The zero-order valence-electron chi connectivity index (χ0n) is 13.1. The highest BCUT2D eigenvalue weighted by Crippen LogP contribution is 2.14. The van der Waals surface area contributed by atoms with Gasteiger partial charge in [0.2, 0.25) is 0 Å². The second-order valence-electron chi connectivity index (χ2n) is 5.22. The first-order chi connectivity index (χ1) is 10.8. The standard InChI is InChI=1S/C16H25ClN4O/c1-18-16(20-8-9-21-10-12-22-13-11-21)19-7-6-14-4-2-3-5-15(14)17/h2-5H,6-13H2,1H3,(H2,18,19,20). The Hall–Kier alpha value is -1.30. The number of halogens is 1. The molecule has 1 aromatic carbocycles. The zero-order chi connectivity index (χ0) is 15.6. The van der Waals surface area contributed by atoms with Crippen LogP contribution in [0.4, 0.5) is 0 Å². The van der Waals surface area contributed by atoms with Gasteiger partial charge in [-0.15, -0.1) is 0 Å². The molecular weight excluding hydrogens is 300 g/mol. The molecule has 2 rings (SSSR count). The Balaban J connectivity index is 1.63. The van der Waals surface area contributed by atoms with Gasteiger partial charge in [-0.1, -0.05) is 29.8 Å². The van der Waals surface area contributed by atoms with Gasteiger partial charge >= 0.3 is 0 Å². The lowest BCUT2D eigenvalue weighted by atomic mass is 10.1. The summed E-state index contributed by atoms with van der Waals surface area (Å²) < 4.78 is 5.34. The molecule has 6 heteroatoms. The molecule has 0 bridgehead atoms. The van der Waals surface area contributed by atoms with E-state index >= 15 is 0 Å². The quantitative estimate of drug-likeness (QED) is 0.613. The lowest BCUT2D eigenvalue weighted by Crippen LogP contribution is -2.44. The summed E-state index contributed by atoms with van der Waals surface area (Å²) in [6.45, 7) is 6.40. The summed E-state index contributed by atoms with van der Waals surface area (Å²) >= 11 is 6.15. The molecule has 1 aliphatic rings. The molecule has 0 saturated carbocycles. The number of rotatable bonds is 6. The maximum absolute atomic E-state index is 6.15. The molecule has 0 aliphatic carbocycles. The van der Waals surface area contributed by atoms with Crippen LogP contribution in [-0.4, -0.2) is 63.8 Å². The summed E-state index contributed by atoms with van der Waals surface area (Å²) in [7, 11) is 1.79. The average molecular weight is 325 g/mol. The van der Waals surface area contributed by atoms with Gasteiger partial charge in [0, 0.05) is 44.8 Å². The third kappa shape index (κ3) is 5.83. The zero-order valence-corrected chi connectivity index (χ0v) is 13.9. The average Bonchev–Trinajstić information content (AvgIpc) is 2.56. The van der Waals surface area contributed by atoms with Crippen molar-refractivity contribution < 1.29 is 4.74 Å². The molecule has 1 aliphatic heterocycles. The van der Waals surface area contributed by atoms with E-state index < -0.39 is 0 Å². The highest BCUT2D eigenvalue weighted by Gasteiger charge is 2.09. The van der Waals surface area contributed by atoms with Crippen LogP contribution in [0.2, 0.25) is 5.02 Å². The summed E-state index contributed by atoms with van der Waals surface area (Å²) in [6.07, 6.45) is 0.879. The number of nitrogens with zero attached hydrogens (tertiary/aromatic N) is 2. The van der Waals surface area contributed by atoms with Gasteiger partial charge in [-0.2, -0.15) is 0 Å². The number of nitrogens with one attached hydrogen (secondary N) is 2. The van der Waals surface area contributed by atoms with Gasteiger partial charge in [0.1, 0.15) is 0 Å². The molecule has 0 aromatic heterocycles. The van der Waals surface area contributed by atoms with Crippen LogP contribution in [0.3, 0.4) is 0 Å². The minimum absolute atomic E-state index is 0.807. The van der Waals surface area contributed by atoms with Gasteiger partial charge in [-0.3, -0.25) is 9.89 Å². The monoisotopic (exact) mass is 324 g/mol. The number of guanidine groups is 1. The van der Waals surface area contributed by atoms with Crippen LogP contribution in [0, 0.1) is 0 Å². The molecule has 0 amide bonds. The Morgan fingerprint density at radius 2 is 1.95 bits per heavy atom. The molecule has 0 atom stereocenters. The first-order valence-electron chi connectivity index (χ1n) is 7.77. The minimum Gasteiger partial charge on any atom is -0.379 e. The Bertz CT molecular complexity index is 475. The van der Waals surface area contributed by atoms with Crippen molar-refractivity contribution in [2.45, 2.75) is 6.42 Å². The summed E-state index contributed by atoms with van der Waals surface area (Å²) in [5.74, 6) is 0.834. The summed E-state index contributed by atoms with van der Waals surface area (Å²) in [6, 6.07) is 7.94. The normalized spacial score (nSPS) is 16.5. The van der Waals surface area contributed by atoms with Crippen molar-refractivity contribution in [3.05, 3.63) is 34.9 Å². The van der Waals surface area contributed by atoms with E-state index in [9.17, 15) is 0 Å². The second-order valence-corrected chi connectivity index (χ2v) is 5.63. The molecule has 1 saturated heterocycles. The number of hydrogen-bond acceptors (Lipinski definition) is 3. The maximum Gasteiger partial charge on any atom is 0.191 e. The Morgan fingerprint density at radius 1 is 1.23 bits per heavy atom. The fourth-order valence-corrected chi connectivity index (χ4v) is 2.62. The van der Waals surface area contributed by atoms with Crippen LogP contribution < -0.4 is 10.6 Å². The first kappa shape index (κ1) is 17.1. The fourth-order valence-electron chi connectivity index (χ4n) is 2.39. The Labute approximate surface area is 137 Å². The van der Waals surface area contributed by atoms with E-state index in [2.05, 4.69) is 26.6 Å². The highest BCUT2D eigenvalue weighted by atomic mass is 35.5. The Kier molecular flexibility index (Phi) is 7.49. The maximum atomic E-state index is 6.15. The van der Waals surface area contributed by atoms with Crippen LogP contribution >= 0.6 is 11.6 Å². The van der Waals surface area contributed by atoms with Crippen molar-refractivity contribution in [1.29, 1.82) is 0 Å². The molecule has 1 fully saturated rings. The van der Waals surface area contributed by atoms with Crippen molar-refractivity contribution in [1.82, 2.24) is 15.5 Å². The summed E-state index contributed by atoms with van der Waals surface area (Å²) in [4.78, 5) is 6.64. The van der Waals surface area contributed by atoms with Crippen LogP contribution in [-0.2, 0) is 11.2 Å². The molecule has 5 nitrogen and oxygen atoms in total. The predicted molar refractivity (Wildman–Crippen MR) is 91.8 cm³/mol. The second kappa shape index (κ2) is 9.66. The molecule has 0 unspecified atom stereocenters. The van der Waals surface area contributed by atoms with Crippen molar-refractivity contribution in [2.24, 2.45) is 4.99 Å². The van der Waals surface area contributed by atoms with Crippen molar-refractivity contribution in [3.8, 4) is 0 Å². The number of ether oxygens (including phenoxy) is 1. The Morgan fingerprint density at radius 3 is 2.68 bits per heavy atom.